The molecule has 3 atom stereocenters. The maximum atomic E-state index is 14.2. The molecule has 1 aliphatic heterocycles. The maximum Gasteiger partial charge on any atom is 0.188 e. The molecule has 0 aromatic heterocycles. The zero-order chi connectivity index (χ0) is 39.9. The molecule has 298 valence electrons. The number of halogens is 2. The van der Waals surface area contributed by atoms with E-state index in [2.05, 4.69) is 58.4 Å². The van der Waals surface area contributed by atoms with Gasteiger partial charge in [0, 0.05) is 49.4 Å². The fourth-order valence-corrected chi connectivity index (χ4v) is 8.73. The van der Waals surface area contributed by atoms with Crippen molar-refractivity contribution in [1.29, 1.82) is 5.26 Å². The number of hydrogen-bond donors (Lipinski definition) is 2. The van der Waals surface area contributed by atoms with Crippen molar-refractivity contribution in [1.82, 2.24) is 10.2 Å². The number of benzene rings is 4. The third-order valence-electron chi connectivity index (χ3n) is 11.9. The molecule has 0 spiro atoms. The fourth-order valence-electron chi connectivity index (χ4n) is 8.50. The highest BCUT2D eigenvalue weighted by Gasteiger charge is 2.30. The van der Waals surface area contributed by atoms with Crippen LogP contribution in [0.4, 0.5) is 10.1 Å². The van der Waals surface area contributed by atoms with Gasteiger partial charge in [0.15, 0.2) is 5.69 Å². The summed E-state index contributed by atoms with van der Waals surface area (Å²) in [4.78, 5) is 5.86. The Hall–Kier alpha value is -4.64. The molecule has 2 fully saturated rings. The van der Waals surface area contributed by atoms with Crippen molar-refractivity contribution in [3.63, 3.8) is 0 Å². The first-order valence-corrected chi connectivity index (χ1v) is 20.7. The van der Waals surface area contributed by atoms with Gasteiger partial charge < -0.3 is 29.5 Å². The van der Waals surface area contributed by atoms with Crippen molar-refractivity contribution >= 4 is 17.3 Å². The number of ether oxygens (including phenoxy) is 3. The summed E-state index contributed by atoms with van der Waals surface area (Å²) in [5.41, 5.74) is 7.07. The second-order valence-corrected chi connectivity index (χ2v) is 16.4. The Morgan fingerprint density at radius 1 is 1.00 bits per heavy atom. The van der Waals surface area contributed by atoms with E-state index in [0.29, 0.717) is 59.3 Å². The Morgan fingerprint density at radius 3 is 2.58 bits per heavy atom. The first kappa shape index (κ1) is 40.6. The average Bonchev–Trinajstić information content (AvgIpc) is 3.63. The topological polar surface area (TPSA) is 91.3 Å². The summed E-state index contributed by atoms with van der Waals surface area (Å²) < 4.78 is 33.7. The second kappa shape index (κ2) is 18.3. The number of hydrogen-bond acceptors (Lipinski definition) is 7. The maximum absolute atomic E-state index is 14.2. The fraction of sp³-hybridized carbons (Fsp3) is 0.447. The molecule has 3 aliphatic rings. The highest BCUT2D eigenvalue weighted by atomic mass is 35.5. The molecule has 4 aromatic rings. The number of piperidine rings is 1. The third-order valence-corrected chi connectivity index (χ3v) is 12.2. The molecule has 8 nitrogen and oxygen atoms in total. The quantitative estimate of drug-likeness (QED) is 0.0971. The summed E-state index contributed by atoms with van der Waals surface area (Å²) in [5, 5.41) is 24.1. The number of aliphatic hydroxyl groups is 1. The number of rotatable bonds is 14. The Balaban J connectivity index is 1.07. The first-order valence-electron chi connectivity index (χ1n) is 20.3. The minimum absolute atomic E-state index is 0.0175. The van der Waals surface area contributed by atoms with Gasteiger partial charge in [-0.1, -0.05) is 54.8 Å². The zero-order valence-corrected chi connectivity index (χ0v) is 33.7. The molecule has 4 aromatic carbocycles. The molecule has 0 radical (unpaired) electrons. The number of likely N-dealkylation sites (tertiary alicyclic amines) is 1. The van der Waals surface area contributed by atoms with Gasteiger partial charge >= 0.3 is 0 Å². The summed E-state index contributed by atoms with van der Waals surface area (Å²) in [6.07, 6.45) is 6.85. The molecule has 57 heavy (non-hydrogen) atoms. The number of nitriles is 1. The van der Waals surface area contributed by atoms with Crippen LogP contribution >= 0.6 is 11.6 Å². The summed E-state index contributed by atoms with van der Waals surface area (Å²) >= 11 is 6.97. The van der Waals surface area contributed by atoms with Crippen LogP contribution in [-0.2, 0) is 19.6 Å². The van der Waals surface area contributed by atoms with Crippen LogP contribution < -0.4 is 19.5 Å². The zero-order valence-electron chi connectivity index (χ0n) is 33.0. The third kappa shape index (κ3) is 9.91. The van der Waals surface area contributed by atoms with Crippen LogP contribution in [0.15, 0.2) is 66.7 Å². The molecule has 1 heterocycles. The van der Waals surface area contributed by atoms with Gasteiger partial charge in [-0.15, -0.1) is 0 Å². The Labute approximate surface area is 341 Å². The molecule has 2 aliphatic carbocycles. The van der Waals surface area contributed by atoms with Crippen LogP contribution in [0, 0.1) is 24.8 Å². The lowest BCUT2D eigenvalue weighted by molar-refractivity contribution is 0.0715. The van der Waals surface area contributed by atoms with Gasteiger partial charge in [-0.2, -0.15) is 5.26 Å². The lowest BCUT2D eigenvalue weighted by Gasteiger charge is -2.34. The first-order chi connectivity index (χ1) is 27.6. The molecule has 1 saturated heterocycles. The monoisotopic (exact) mass is 790 g/mol. The minimum atomic E-state index is -1.04. The lowest BCUT2D eigenvalue weighted by Crippen LogP contribution is -2.41. The molecule has 0 unspecified atom stereocenters. The summed E-state index contributed by atoms with van der Waals surface area (Å²) in [6.45, 7) is 15.0. The van der Waals surface area contributed by atoms with Gasteiger partial charge in [0.1, 0.15) is 35.6 Å². The van der Waals surface area contributed by atoms with Gasteiger partial charge in [0.05, 0.1) is 30.4 Å². The highest BCUT2D eigenvalue weighted by Crippen LogP contribution is 2.44. The van der Waals surface area contributed by atoms with E-state index in [-0.39, 0.29) is 18.8 Å². The molecule has 2 N–H and O–H groups in total. The SMILES string of the molecule is [C-]#[N+]c1cc(C#N)cc(COc2cc(O[C@H]3CCc4c(-c5cccc(OCCCN6CCC(C)(F)CC6)c5C)cccc43)c(Cl)cc2CN[C@@H]2CCCC[C@@H]2O)c1. The van der Waals surface area contributed by atoms with Crippen LogP contribution in [0.1, 0.15) is 97.8 Å². The lowest BCUT2D eigenvalue weighted by atomic mass is 9.92. The van der Waals surface area contributed by atoms with Crippen LogP contribution in [0.3, 0.4) is 0 Å². The van der Waals surface area contributed by atoms with Crippen LogP contribution in [0.2, 0.25) is 5.02 Å². The van der Waals surface area contributed by atoms with Crippen LogP contribution in [0.25, 0.3) is 16.0 Å². The largest absolute Gasteiger partial charge is 0.493 e. The van der Waals surface area contributed by atoms with E-state index in [9.17, 15) is 14.8 Å². The van der Waals surface area contributed by atoms with E-state index >= 15 is 0 Å². The number of nitrogens with one attached hydrogen (secondary N) is 1. The highest BCUT2D eigenvalue weighted by molar-refractivity contribution is 6.32. The molecule has 7 rings (SSSR count). The van der Waals surface area contributed by atoms with Crippen LogP contribution in [0.5, 0.6) is 17.2 Å². The minimum Gasteiger partial charge on any atom is -0.493 e. The van der Waals surface area contributed by atoms with Gasteiger partial charge in [-0.25, -0.2) is 9.24 Å². The van der Waals surface area contributed by atoms with E-state index in [1.807, 2.05) is 18.2 Å². The van der Waals surface area contributed by atoms with E-state index < -0.39 is 11.8 Å². The van der Waals surface area contributed by atoms with E-state index in [0.717, 1.165) is 92.6 Å². The Kier molecular flexibility index (Phi) is 13.0. The number of fused-ring (bicyclic) bond motifs is 1. The Morgan fingerprint density at radius 2 is 1.79 bits per heavy atom. The Bertz CT molecular complexity index is 2100. The van der Waals surface area contributed by atoms with Crippen molar-refractivity contribution in [3.05, 3.63) is 117 Å². The molecular weight excluding hydrogens is 739 g/mol. The summed E-state index contributed by atoms with van der Waals surface area (Å²) in [6, 6.07) is 23.5. The van der Waals surface area contributed by atoms with E-state index in [1.165, 1.54) is 11.1 Å². The van der Waals surface area contributed by atoms with Crippen LogP contribution in [-0.4, -0.2) is 54.1 Å². The van der Waals surface area contributed by atoms with Gasteiger partial charge in [0.25, 0.3) is 0 Å². The second-order valence-electron chi connectivity index (χ2n) is 16.0. The predicted octanol–water partition coefficient (Wildman–Crippen LogP) is 10.4. The van der Waals surface area contributed by atoms with E-state index in [1.54, 1.807) is 25.1 Å². The standard InChI is InChI=1S/C47H52ClFN4O4/c1-31-36(9-7-14-43(31)55-22-8-19-53-20-17-47(2,49)18-21-53)37-10-6-11-39-38(37)15-16-44(39)57-46-27-45(56-30-33-23-32(28-50)24-35(25-33)51-3)34(26-40(46)48)29-52-41-12-4-5-13-42(41)54/h6-7,9-11,14,23-27,41-42,44,52,54H,4-5,8,12-13,15-22,29-30H2,1-2H3/t41-,42+,44+/m1/s1. The molecule has 1 saturated carbocycles. The molecule has 0 bridgehead atoms. The number of alkyl halides is 1. The predicted molar refractivity (Wildman–Crippen MR) is 222 cm³/mol. The summed E-state index contributed by atoms with van der Waals surface area (Å²) in [5.74, 6) is 1.97. The number of nitrogens with zero attached hydrogens (tertiary/aromatic N) is 3. The van der Waals surface area contributed by atoms with Gasteiger partial charge in [-0.3, -0.25) is 0 Å². The van der Waals surface area contributed by atoms with Crippen molar-refractivity contribution in [2.45, 2.75) is 109 Å². The van der Waals surface area contributed by atoms with Crippen molar-refractivity contribution < 1.29 is 23.7 Å². The average molecular weight is 791 g/mol. The molecular formula is C47H52ClFN4O4. The van der Waals surface area contributed by atoms with Crippen molar-refractivity contribution in [2.75, 3.05) is 26.2 Å². The smallest absolute Gasteiger partial charge is 0.188 e. The summed E-state index contributed by atoms with van der Waals surface area (Å²) in [7, 11) is 0. The normalized spacial score (nSPS) is 20.3. The van der Waals surface area contributed by atoms with Gasteiger partial charge in [0.2, 0.25) is 0 Å². The van der Waals surface area contributed by atoms with Crippen molar-refractivity contribution in [3.8, 4) is 34.4 Å². The van der Waals surface area contributed by atoms with Crippen molar-refractivity contribution in [2.24, 2.45) is 0 Å². The van der Waals surface area contributed by atoms with E-state index in [4.69, 9.17) is 32.4 Å². The van der Waals surface area contributed by atoms with Gasteiger partial charge in [-0.05, 0) is 123 Å². The molecule has 0 amide bonds. The number of aliphatic hydroxyl groups excluding tert-OH is 1. The molecule has 10 heteroatoms.